The fraction of sp³-hybridized carbons (Fsp3) is 0.308. The van der Waals surface area contributed by atoms with E-state index in [1.807, 2.05) is 0 Å². The maximum absolute atomic E-state index is 12.3. The SMILES string of the molecule is CC(CC(F)(F)F)Nc1ccc2ncccc2c1N. The Labute approximate surface area is 108 Å². The Kier molecular flexibility index (Phi) is 3.50. The Bertz CT molecular complexity index is 581. The Morgan fingerprint density at radius 2 is 2.05 bits per heavy atom. The number of pyridine rings is 1. The fourth-order valence-corrected chi connectivity index (χ4v) is 1.96. The first kappa shape index (κ1) is 13.5. The summed E-state index contributed by atoms with van der Waals surface area (Å²) in [4.78, 5) is 4.13. The van der Waals surface area contributed by atoms with E-state index in [9.17, 15) is 13.2 Å². The maximum atomic E-state index is 12.3. The normalized spacial score (nSPS) is 13.5. The molecule has 0 radical (unpaired) electrons. The van der Waals surface area contributed by atoms with E-state index in [0.29, 0.717) is 16.9 Å². The van der Waals surface area contributed by atoms with Crippen molar-refractivity contribution in [3.63, 3.8) is 0 Å². The number of nitrogen functional groups attached to an aromatic ring is 1. The number of anilines is 2. The molecule has 0 bridgehead atoms. The topological polar surface area (TPSA) is 50.9 Å². The smallest absolute Gasteiger partial charge is 0.391 e. The predicted molar refractivity (Wildman–Crippen MR) is 69.9 cm³/mol. The van der Waals surface area contributed by atoms with Gasteiger partial charge in [0.15, 0.2) is 0 Å². The van der Waals surface area contributed by atoms with Crippen LogP contribution in [0.3, 0.4) is 0 Å². The lowest BCUT2D eigenvalue weighted by atomic mass is 10.1. The number of nitrogens with one attached hydrogen (secondary N) is 1. The van der Waals surface area contributed by atoms with Crippen LogP contribution in [0.1, 0.15) is 13.3 Å². The zero-order valence-corrected chi connectivity index (χ0v) is 10.3. The standard InChI is InChI=1S/C13H14F3N3/c1-8(7-13(14,15)16)19-11-5-4-10-9(12(11)17)3-2-6-18-10/h2-6,8,19H,7,17H2,1H3. The molecular formula is C13H14F3N3. The van der Waals surface area contributed by atoms with E-state index in [-0.39, 0.29) is 0 Å². The summed E-state index contributed by atoms with van der Waals surface area (Å²) in [6, 6.07) is 6.17. The van der Waals surface area contributed by atoms with Crippen molar-refractivity contribution in [2.75, 3.05) is 11.1 Å². The third kappa shape index (κ3) is 3.27. The minimum atomic E-state index is -4.19. The molecule has 1 unspecified atom stereocenters. The molecule has 1 aromatic carbocycles. The second-order valence-corrected chi connectivity index (χ2v) is 4.46. The lowest BCUT2D eigenvalue weighted by Crippen LogP contribution is -2.24. The summed E-state index contributed by atoms with van der Waals surface area (Å²) < 4.78 is 36.8. The summed E-state index contributed by atoms with van der Waals surface area (Å²) in [5.41, 5.74) is 7.58. The van der Waals surface area contributed by atoms with Gasteiger partial charge in [-0.25, -0.2) is 0 Å². The van der Waals surface area contributed by atoms with Crippen molar-refractivity contribution in [2.45, 2.75) is 25.6 Å². The van der Waals surface area contributed by atoms with Crippen LogP contribution in [0.15, 0.2) is 30.5 Å². The van der Waals surface area contributed by atoms with Crippen LogP contribution < -0.4 is 11.1 Å². The molecule has 0 aliphatic heterocycles. The summed E-state index contributed by atoms with van der Waals surface area (Å²) in [5.74, 6) is 0. The molecule has 0 spiro atoms. The Hall–Kier alpha value is -1.98. The number of nitrogens with two attached hydrogens (primary N) is 1. The van der Waals surface area contributed by atoms with Crippen LogP contribution in [0.5, 0.6) is 0 Å². The van der Waals surface area contributed by atoms with Crippen LogP contribution in [0.4, 0.5) is 24.5 Å². The second kappa shape index (κ2) is 4.95. The maximum Gasteiger partial charge on any atom is 0.391 e. The van der Waals surface area contributed by atoms with E-state index < -0.39 is 18.6 Å². The van der Waals surface area contributed by atoms with Crippen molar-refractivity contribution in [3.05, 3.63) is 30.5 Å². The molecular weight excluding hydrogens is 255 g/mol. The third-order valence-electron chi connectivity index (χ3n) is 2.77. The average Bonchev–Trinajstić information content (AvgIpc) is 2.31. The number of alkyl halides is 3. The van der Waals surface area contributed by atoms with Gasteiger partial charge in [-0.2, -0.15) is 13.2 Å². The van der Waals surface area contributed by atoms with Crippen molar-refractivity contribution in [3.8, 4) is 0 Å². The summed E-state index contributed by atoms with van der Waals surface area (Å²) in [6.07, 6.45) is -3.46. The second-order valence-electron chi connectivity index (χ2n) is 4.46. The van der Waals surface area contributed by atoms with Gasteiger partial charge in [0.25, 0.3) is 0 Å². The predicted octanol–water partition coefficient (Wildman–Crippen LogP) is 3.57. The van der Waals surface area contributed by atoms with Crippen LogP contribution in [0, 0.1) is 0 Å². The molecule has 1 atom stereocenters. The molecule has 0 fully saturated rings. The lowest BCUT2D eigenvalue weighted by Gasteiger charge is -2.18. The van der Waals surface area contributed by atoms with Crippen LogP contribution in [0.25, 0.3) is 10.9 Å². The van der Waals surface area contributed by atoms with Crippen molar-refractivity contribution in [1.82, 2.24) is 4.98 Å². The van der Waals surface area contributed by atoms with Crippen molar-refractivity contribution >= 4 is 22.3 Å². The zero-order chi connectivity index (χ0) is 14.0. The molecule has 0 saturated carbocycles. The highest BCUT2D eigenvalue weighted by molar-refractivity contribution is 5.96. The highest BCUT2D eigenvalue weighted by Crippen LogP contribution is 2.29. The molecule has 3 N–H and O–H groups in total. The Morgan fingerprint density at radius 3 is 2.74 bits per heavy atom. The molecule has 0 amide bonds. The summed E-state index contributed by atoms with van der Waals surface area (Å²) in [7, 11) is 0. The minimum Gasteiger partial charge on any atom is -0.397 e. The average molecular weight is 269 g/mol. The first-order chi connectivity index (χ1) is 8.87. The van der Waals surface area contributed by atoms with Gasteiger partial charge in [0.2, 0.25) is 0 Å². The molecule has 2 aromatic rings. The first-order valence-corrected chi connectivity index (χ1v) is 5.83. The van der Waals surface area contributed by atoms with Crippen LogP contribution in [-0.2, 0) is 0 Å². The zero-order valence-electron chi connectivity index (χ0n) is 10.3. The van der Waals surface area contributed by atoms with Gasteiger partial charge in [0.05, 0.1) is 23.3 Å². The number of rotatable bonds is 3. The molecule has 1 aromatic heterocycles. The van der Waals surface area contributed by atoms with Crippen molar-refractivity contribution < 1.29 is 13.2 Å². The van der Waals surface area contributed by atoms with Gasteiger partial charge in [-0.05, 0) is 31.2 Å². The number of hydrogen-bond acceptors (Lipinski definition) is 3. The Balaban J connectivity index is 2.24. The van der Waals surface area contributed by atoms with Gasteiger partial charge in [-0.15, -0.1) is 0 Å². The Morgan fingerprint density at radius 1 is 1.32 bits per heavy atom. The first-order valence-electron chi connectivity index (χ1n) is 5.83. The van der Waals surface area contributed by atoms with Gasteiger partial charge in [0, 0.05) is 17.6 Å². The van der Waals surface area contributed by atoms with E-state index in [2.05, 4.69) is 10.3 Å². The van der Waals surface area contributed by atoms with E-state index in [1.165, 1.54) is 6.92 Å². The van der Waals surface area contributed by atoms with Gasteiger partial charge in [-0.1, -0.05) is 0 Å². The summed E-state index contributed by atoms with van der Waals surface area (Å²) in [5, 5.41) is 3.51. The molecule has 102 valence electrons. The monoisotopic (exact) mass is 269 g/mol. The van der Waals surface area contributed by atoms with Crippen LogP contribution in [-0.4, -0.2) is 17.2 Å². The molecule has 19 heavy (non-hydrogen) atoms. The number of halogens is 3. The summed E-state index contributed by atoms with van der Waals surface area (Å²) in [6.45, 7) is 1.47. The van der Waals surface area contributed by atoms with E-state index >= 15 is 0 Å². The lowest BCUT2D eigenvalue weighted by molar-refractivity contribution is -0.136. The largest absolute Gasteiger partial charge is 0.397 e. The molecule has 0 aliphatic carbocycles. The van der Waals surface area contributed by atoms with Gasteiger partial charge < -0.3 is 11.1 Å². The third-order valence-corrected chi connectivity index (χ3v) is 2.77. The molecule has 2 rings (SSSR count). The van der Waals surface area contributed by atoms with E-state index in [1.54, 1.807) is 30.5 Å². The minimum absolute atomic E-state index is 0.416. The van der Waals surface area contributed by atoms with Crippen LogP contribution >= 0.6 is 0 Å². The van der Waals surface area contributed by atoms with E-state index in [0.717, 1.165) is 5.39 Å². The number of fused-ring (bicyclic) bond motifs is 1. The highest BCUT2D eigenvalue weighted by atomic mass is 19.4. The van der Waals surface area contributed by atoms with Gasteiger partial charge >= 0.3 is 6.18 Å². The quantitative estimate of drug-likeness (QED) is 0.837. The molecule has 1 heterocycles. The van der Waals surface area contributed by atoms with E-state index in [4.69, 9.17) is 5.73 Å². The number of nitrogens with zero attached hydrogens (tertiary/aromatic N) is 1. The van der Waals surface area contributed by atoms with Gasteiger partial charge in [0.1, 0.15) is 0 Å². The van der Waals surface area contributed by atoms with Crippen LogP contribution in [0.2, 0.25) is 0 Å². The van der Waals surface area contributed by atoms with Crippen molar-refractivity contribution in [1.29, 1.82) is 0 Å². The molecule has 0 saturated heterocycles. The van der Waals surface area contributed by atoms with Gasteiger partial charge in [-0.3, -0.25) is 4.98 Å². The molecule has 3 nitrogen and oxygen atoms in total. The van der Waals surface area contributed by atoms with Crippen molar-refractivity contribution in [2.24, 2.45) is 0 Å². The molecule has 6 heteroatoms. The molecule has 0 aliphatic rings. The number of benzene rings is 1. The number of hydrogen-bond donors (Lipinski definition) is 2. The highest BCUT2D eigenvalue weighted by Gasteiger charge is 2.30. The summed E-state index contributed by atoms with van der Waals surface area (Å²) >= 11 is 0. The fourth-order valence-electron chi connectivity index (χ4n) is 1.96. The number of aromatic nitrogens is 1.